The molecule has 11 heavy (non-hydrogen) atoms. The summed E-state index contributed by atoms with van der Waals surface area (Å²) in [7, 11) is 0. The van der Waals surface area contributed by atoms with Crippen LogP contribution in [0.4, 0.5) is 0 Å². The van der Waals surface area contributed by atoms with Crippen molar-refractivity contribution in [3.63, 3.8) is 0 Å². The molecule has 2 atom stereocenters. The van der Waals surface area contributed by atoms with Crippen molar-refractivity contribution in [3.05, 3.63) is 12.2 Å². The first kappa shape index (κ1) is 7.74. The van der Waals surface area contributed by atoms with Crippen LogP contribution in [0, 0.1) is 0 Å². The maximum atomic E-state index is 10.5. The van der Waals surface area contributed by atoms with E-state index in [1.165, 1.54) is 12.2 Å². The average molecular weight is 155 g/mol. The standard InChI is InChI=1S/C6H9N3O2/c7-5(10)3-1-2-4(9-3)6(8)11/h1-4,9H,(H2,7,10)(H2,8,11)/t3-,4+. The molecule has 2 amide bonds. The molecule has 0 aliphatic carbocycles. The molecule has 60 valence electrons. The predicted octanol–water partition coefficient (Wildman–Crippen LogP) is -2.15. The van der Waals surface area contributed by atoms with Crippen molar-refractivity contribution in [3.8, 4) is 0 Å². The maximum Gasteiger partial charge on any atom is 0.238 e. The number of rotatable bonds is 2. The number of nitrogens with two attached hydrogens (primary N) is 2. The lowest BCUT2D eigenvalue weighted by Crippen LogP contribution is -2.45. The summed E-state index contributed by atoms with van der Waals surface area (Å²) in [4.78, 5) is 21.1. The highest BCUT2D eigenvalue weighted by molar-refractivity contribution is 5.88. The maximum absolute atomic E-state index is 10.5. The molecule has 0 radical (unpaired) electrons. The van der Waals surface area contributed by atoms with E-state index in [0.717, 1.165) is 0 Å². The molecular weight excluding hydrogens is 146 g/mol. The van der Waals surface area contributed by atoms with Crippen LogP contribution in [-0.2, 0) is 9.59 Å². The number of primary amides is 2. The first-order chi connectivity index (χ1) is 5.11. The molecule has 1 rings (SSSR count). The van der Waals surface area contributed by atoms with Crippen LogP contribution >= 0.6 is 0 Å². The van der Waals surface area contributed by atoms with Gasteiger partial charge in [-0.2, -0.15) is 0 Å². The van der Waals surface area contributed by atoms with Gasteiger partial charge < -0.3 is 11.5 Å². The van der Waals surface area contributed by atoms with Crippen LogP contribution < -0.4 is 16.8 Å². The van der Waals surface area contributed by atoms with E-state index in [4.69, 9.17) is 11.5 Å². The number of amides is 2. The molecule has 0 unspecified atom stereocenters. The third-order valence-electron chi connectivity index (χ3n) is 1.47. The second-order valence-corrected chi connectivity index (χ2v) is 2.31. The quantitative estimate of drug-likeness (QED) is 0.396. The van der Waals surface area contributed by atoms with Crippen molar-refractivity contribution in [1.29, 1.82) is 0 Å². The number of carbonyl (C=O) groups excluding carboxylic acids is 2. The van der Waals surface area contributed by atoms with Gasteiger partial charge in [0.1, 0.15) is 12.1 Å². The molecule has 0 bridgehead atoms. The minimum atomic E-state index is -0.563. The van der Waals surface area contributed by atoms with Gasteiger partial charge in [-0.25, -0.2) is 0 Å². The normalized spacial score (nSPS) is 28.7. The minimum absolute atomic E-state index is 0.509. The van der Waals surface area contributed by atoms with Gasteiger partial charge in [0.25, 0.3) is 0 Å². The lowest BCUT2D eigenvalue weighted by molar-refractivity contribution is -0.120. The monoisotopic (exact) mass is 155 g/mol. The van der Waals surface area contributed by atoms with Crippen molar-refractivity contribution >= 4 is 11.8 Å². The van der Waals surface area contributed by atoms with E-state index in [2.05, 4.69) is 5.32 Å². The molecule has 5 nitrogen and oxygen atoms in total. The predicted molar refractivity (Wildman–Crippen MR) is 38.2 cm³/mol. The van der Waals surface area contributed by atoms with E-state index in [9.17, 15) is 9.59 Å². The van der Waals surface area contributed by atoms with Crippen LogP contribution in [0.3, 0.4) is 0 Å². The van der Waals surface area contributed by atoms with Gasteiger partial charge in [0, 0.05) is 0 Å². The van der Waals surface area contributed by atoms with Crippen molar-refractivity contribution in [2.45, 2.75) is 12.1 Å². The molecule has 1 aliphatic heterocycles. The van der Waals surface area contributed by atoms with Crippen LogP contribution in [0.2, 0.25) is 0 Å². The molecule has 0 aromatic rings. The highest BCUT2D eigenvalue weighted by atomic mass is 16.2. The molecule has 5 heteroatoms. The molecule has 0 aromatic carbocycles. The lowest BCUT2D eigenvalue weighted by Gasteiger charge is -2.07. The molecule has 1 heterocycles. The largest absolute Gasteiger partial charge is 0.368 e. The molecule has 1 aliphatic rings. The van der Waals surface area contributed by atoms with Gasteiger partial charge in [-0.05, 0) is 0 Å². The van der Waals surface area contributed by atoms with Crippen LogP contribution in [0.1, 0.15) is 0 Å². The van der Waals surface area contributed by atoms with Crippen molar-refractivity contribution in [2.24, 2.45) is 11.5 Å². The van der Waals surface area contributed by atoms with Gasteiger partial charge in [0.05, 0.1) is 0 Å². The van der Waals surface area contributed by atoms with E-state index >= 15 is 0 Å². The van der Waals surface area contributed by atoms with E-state index in [1.54, 1.807) is 0 Å². The fourth-order valence-electron chi connectivity index (χ4n) is 0.881. The second kappa shape index (κ2) is 2.71. The zero-order valence-electron chi connectivity index (χ0n) is 5.78. The van der Waals surface area contributed by atoms with E-state index in [0.29, 0.717) is 0 Å². The van der Waals surface area contributed by atoms with Gasteiger partial charge in [-0.3, -0.25) is 14.9 Å². The smallest absolute Gasteiger partial charge is 0.238 e. The first-order valence-corrected chi connectivity index (χ1v) is 3.14. The third kappa shape index (κ3) is 1.56. The number of hydrogen-bond acceptors (Lipinski definition) is 3. The van der Waals surface area contributed by atoms with Crippen molar-refractivity contribution in [1.82, 2.24) is 5.32 Å². The van der Waals surface area contributed by atoms with Crippen LogP contribution in [0.15, 0.2) is 12.2 Å². The van der Waals surface area contributed by atoms with Gasteiger partial charge in [-0.15, -0.1) is 0 Å². The van der Waals surface area contributed by atoms with Crippen LogP contribution in [0.5, 0.6) is 0 Å². The Hall–Kier alpha value is -1.36. The summed E-state index contributed by atoms with van der Waals surface area (Å²) in [5.74, 6) is -1.02. The second-order valence-electron chi connectivity index (χ2n) is 2.31. The van der Waals surface area contributed by atoms with Crippen LogP contribution in [-0.4, -0.2) is 23.9 Å². The lowest BCUT2D eigenvalue weighted by atomic mass is 10.3. The van der Waals surface area contributed by atoms with E-state index in [-0.39, 0.29) is 0 Å². The molecule has 0 saturated carbocycles. The van der Waals surface area contributed by atoms with Crippen molar-refractivity contribution < 1.29 is 9.59 Å². The number of nitrogens with one attached hydrogen (secondary N) is 1. The summed E-state index contributed by atoms with van der Waals surface area (Å²) >= 11 is 0. The molecule has 0 aromatic heterocycles. The Kier molecular flexibility index (Phi) is 1.91. The molecular formula is C6H9N3O2. The van der Waals surface area contributed by atoms with Crippen molar-refractivity contribution in [2.75, 3.05) is 0 Å². The Morgan fingerprint density at radius 2 is 1.45 bits per heavy atom. The Balaban J connectivity index is 2.56. The summed E-state index contributed by atoms with van der Waals surface area (Å²) in [6.07, 6.45) is 3.05. The summed E-state index contributed by atoms with van der Waals surface area (Å²) in [5, 5.41) is 2.63. The average Bonchev–Trinajstić information content (AvgIpc) is 2.33. The molecule has 0 saturated heterocycles. The number of carbonyl (C=O) groups is 2. The Labute approximate surface area is 63.4 Å². The summed E-state index contributed by atoms with van der Waals surface area (Å²) < 4.78 is 0. The van der Waals surface area contributed by atoms with Gasteiger partial charge in [-0.1, -0.05) is 12.2 Å². The number of hydrogen-bond donors (Lipinski definition) is 3. The third-order valence-corrected chi connectivity index (χ3v) is 1.47. The minimum Gasteiger partial charge on any atom is -0.368 e. The highest BCUT2D eigenvalue weighted by Crippen LogP contribution is 2.00. The Bertz CT molecular complexity index is 202. The van der Waals surface area contributed by atoms with E-state index in [1.807, 2.05) is 0 Å². The first-order valence-electron chi connectivity index (χ1n) is 3.14. The van der Waals surface area contributed by atoms with Gasteiger partial charge in [0.2, 0.25) is 11.8 Å². The summed E-state index contributed by atoms with van der Waals surface area (Å²) in [6.45, 7) is 0. The fourth-order valence-corrected chi connectivity index (χ4v) is 0.881. The van der Waals surface area contributed by atoms with Crippen LogP contribution in [0.25, 0.3) is 0 Å². The summed E-state index contributed by atoms with van der Waals surface area (Å²) in [5.41, 5.74) is 9.91. The van der Waals surface area contributed by atoms with E-state index < -0.39 is 23.9 Å². The molecule has 0 fully saturated rings. The Morgan fingerprint density at radius 3 is 1.64 bits per heavy atom. The van der Waals surface area contributed by atoms with Gasteiger partial charge in [0.15, 0.2) is 0 Å². The molecule has 0 spiro atoms. The zero-order chi connectivity index (χ0) is 8.43. The SMILES string of the molecule is NC(=O)[C@@H]1C=C[C@H](C(N)=O)N1. The summed E-state index contributed by atoms with van der Waals surface area (Å²) in [6, 6.07) is -1.13. The Morgan fingerprint density at radius 1 is 1.09 bits per heavy atom. The fraction of sp³-hybridized carbons (Fsp3) is 0.333. The van der Waals surface area contributed by atoms with Gasteiger partial charge >= 0.3 is 0 Å². The zero-order valence-corrected chi connectivity index (χ0v) is 5.78. The highest BCUT2D eigenvalue weighted by Gasteiger charge is 2.24. The molecule has 5 N–H and O–H groups in total. The topological polar surface area (TPSA) is 98.2 Å².